The van der Waals surface area contributed by atoms with Gasteiger partial charge in [-0.05, 0) is 48.0 Å². The van der Waals surface area contributed by atoms with Gasteiger partial charge in [0.05, 0.1) is 17.7 Å². The molecule has 1 aromatic rings. The lowest BCUT2D eigenvalue weighted by Crippen LogP contribution is -2.13. The molecule has 0 aromatic heterocycles. The van der Waals surface area contributed by atoms with Crippen LogP contribution in [0.1, 0.15) is 13.8 Å². The molecule has 4 nitrogen and oxygen atoms in total. The first kappa shape index (κ1) is 12.8. The minimum absolute atomic E-state index is 0.351. The van der Waals surface area contributed by atoms with Gasteiger partial charge in [0.25, 0.3) is 0 Å². The van der Waals surface area contributed by atoms with Crippen LogP contribution in [-0.2, 0) is 4.74 Å². The number of rotatable bonds is 4. The van der Waals surface area contributed by atoms with Crippen LogP contribution in [0, 0.1) is 0 Å². The van der Waals surface area contributed by atoms with Crippen LogP contribution in [-0.4, -0.2) is 19.3 Å². The van der Waals surface area contributed by atoms with E-state index < -0.39 is 6.09 Å². The predicted molar refractivity (Wildman–Crippen MR) is 66.0 cm³/mol. The minimum atomic E-state index is -0.460. The summed E-state index contributed by atoms with van der Waals surface area (Å²) in [7, 11) is 0. The number of anilines is 1. The Morgan fingerprint density at radius 2 is 2.12 bits per heavy atom. The van der Waals surface area contributed by atoms with Crippen molar-refractivity contribution in [3.8, 4) is 5.75 Å². The van der Waals surface area contributed by atoms with Gasteiger partial charge in [-0.25, -0.2) is 4.79 Å². The van der Waals surface area contributed by atoms with Crippen LogP contribution in [0.15, 0.2) is 22.7 Å². The van der Waals surface area contributed by atoms with Crippen molar-refractivity contribution in [3.05, 3.63) is 22.7 Å². The van der Waals surface area contributed by atoms with E-state index in [0.29, 0.717) is 18.9 Å². The SMILES string of the molecule is CCOC(=O)Nc1ccc(OCC)c(Br)c1. The molecule has 88 valence electrons. The fourth-order valence-corrected chi connectivity index (χ4v) is 1.63. The second-order valence-corrected chi connectivity index (χ2v) is 3.78. The van der Waals surface area contributed by atoms with Crippen LogP contribution in [0.5, 0.6) is 5.75 Å². The number of hydrogen-bond acceptors (Lipinski definition) is 3. The highest BCUT2D eigenvalue weighted by Gasteiger charge is 2.05. The van der Waals surface area contributed by atoms with Crippen molar-refractivity contribution in [2.75, 3.05) is 18.5 Å². The van der Waals surface area contributed by atoms with Crippen LogP contribution in [0.4, 0.5) is 10.5 Å². The number of amides is 1. The van der Waals surface area contributed by atoms with Crippen molar-refractivity contribution in [2.45, 2.75) is 13.8 Å². The number of nitrogens with one attached hydrogen (secondary N) is 1. The second kappa shape index (κ2) is 6.37. The summed E-state index contributed by atoms with van der Waals surface area (Å²) in [6, 6.07) is 5.31. The number of carbonyl (C=O) groups is 1. The molecule has 0 heterocycles. The third-order valence-corrected chi connectivity index (χ3v) is 2.37. The Morgan fingerprint density at radius 3 is 2.69 bits per heavy atom. The topological polar surface area (TPSA) is 47.6 Å². The van der Waals surface area contributed by atoms with Gasteiger partial charge in [-0.2, -0.15) is 0 Å². The van der Waals surface area contributed by atoms with E-state index in [4.69, 9.17) is 9.47 Å². The molecule has 1 aromatic carbocycles. The maximum absolute atomic E-state index is 11.2. The highest BCUT2D eigenvalue weighted by molar-refractivity contribution is 9.10. The van der Waals surface area contributed by atoms with Gasteiger partial charge in [-0.15, -0.1) is 0 Å². The smallest absolute Gasteiger partial charge is 0.411 e. The Hall–Kier alpha value is -1.23. The highest BCUT2D eigenvalue weighted by Crippen LogP contribution is 2.28. The Labute approximate surface area is 103 Å². The Kier molecular flexibility index (Phi) is 5.11. The molecule has 0 fully saturated rings. The standard InChI is InChI=1S/C11H14BrNO3/c1-3-15-10-6-5-8(7-9(10)12)13-11(14)16-4-2/h5-7H,3-4H2,1-2H3,(H,13,14). The molecule has 0 radical (unpaired) electrons. The lowest BCUT2D eigenvalue weighted by molar-refractivity contribution is 0.168. The summed E-state index contributed by atoms with van der Waals surface area (Å²) in [4.78, 5) is 11.2. The van der Waals surface area contributed by atoms with Gasteiger partial charge < -0.3 is 9.47 Å². The van der Waals surface area contributed by atoms with Crippen molar-refractivity contribution < 1.29 is 14.3 Å². The first-order valence-electron chi connectivity index (χ1n) is 5.03. The van der Waals surface area contributed by atoms with Crippen LogP contribution < -0.4 is 10.1 Å². The zero-order chi connectivity index (χ0) is 12.0. The molecule has 0 aliphatic rings. The van der Waals surface area contributed by atoms with Crippen LogP contribution in [0.25, 0.3) is 0 Å². The summed E-state index contributed by atoms with van der Waals surface area (Å²) in [6.45, 7) is 4.62. The van der Waals surface area contributed by atoms with E-state index in [1.54, 1.807) is 25.1 Å². The maximum atomic E-state index is 11.2. The molecule has 16 heavy (non-hydrogen) atoms. The van der Waals surface area contributed by atoms with E-state index in [2.05, 4.69) is 21.2 Å². The minimum Gasteiger partial charge on any atom is -0.493 e. The summed E-state index contributed by atoms with van der Waals surface area (Å²) in [5, 5.41) is 2.61. The first-order chi connectivity index (χ1) is 7.67. The van der Waals surface area contributed by atoms with E-state index in [0.717, 1.165) is 10.2 Å². The molecular weight excluding hydrogens is 274 g/mol. The largest absolute Gasteiger partial charge is 0.493 e. The first-order valence-corrected chi connectivity index (χ1v) is 5.82. The summed E-state index contributed by atoms with van der Waals surface area (Å²) < 4.78 is 10.9. The Balaban J connectivity index is 2.69. The van der Waals surface area contributed by atoms with Crippen molar-refractivity contribution in [1.29, 1.82) is 0 Å². The lowest BCUT2D eigenvalue weighted by atomic mass is 10.3. The van der Waals surface area contributed by atoms with Gasteiger partial charge in [-0.1, -0.05) is 0 Å². The van der Waals surface area contributed by atoms with E-state index >= 15 is 0 Å². The third-order valence-electron chi connectivity index (χ3n) is 1.75. The van der Waals surface area contributed by atoms with E-state index in [1.165, 1.54) is 0 Å². The summed E-state index contributed by atoms with van der Waals surface area (Å²) in [5.74, 6) is 0.747. The fourth-order valence-electron chi connectivity index (χ4n) is 1.14. The number of ether oxygens (including phenoxy) is 2. The average molecular weight is 288 g/mol. The molecule has 1 N–H and O–H groups in total. The highest BCUT2D eigenvalue weighted by atomic mass is 79.9. The van der Waals surface area contributed by atoms with Crippen molar-refractivity contribution >= 4 is 27.7 Å². The quantitative estimate of drug-likeness (QED) is 0.923. The van der Waals surface area contributed by atoms with Crippen molar-refractivity contribution in [2.24, 2.45) is 0 Å². The van der Waals surface area contributed by atoms with Gasteiger partial charge in [0.2, 0.25) is 0 Å². The molecule has 0 aliphatic heterocycles. The maximum Gasteiger partial charge on any atom is 0.411 e. The molecule has 0 saturated carbocycles. The van der Waals surface area contributed by atoms with Gasteiger partial charge in [-0.3, -0.25) is 5.32 Å². The van der Waals surface area contributed by atoms with Gasteiger partial charge >= 0.3 is 6.09 Å². The molecule has 0 saturated heterocycles. The molecule has 0 atom stereocenters. The molecular formula is C11H14BrNO3. The van der Waals surface area contributed by atoms with Crippen LogP contribution >= 0.6 is 15.9 Å². The van der Waals surface area contributed by atoms with Crippen molar-refractivity contribution in [1.82, 2.24) is 0 Å². The van der Waals surface area contributed by atoms with Crippen LogP contribution in [0.3, 0.4) is 0 Å². The zero-order valence-corrected chi connectivity index (χ0v) is 10.8. The van der Waals surface area contributed by atoms with Gasteiger partial charge in [0, 0.05) is 5.69 Å². The molecule has 0 bridgehead atoms. The Morgan fingerprint density at radius 1 is 1.38 bits per heavy atom. The summed E-state index contributed by atoms with van der Waals surface area (Å²) in [5.41, 5.74) is 0.661. The predicted octanol–water partition coefficient (Wildman–Crippen LogP) is 3.42. The number of benzene rings is 1. The third kappa shape index (κ3) is 3.73. The number of hydrogen-bond donors (Lipinski definition) is 1. The zero-order valence-electron chi connectivity index (χ0n) is 9.25. The molecule has 1 amide bonds. The normalized spacial score (nSPS) is 9.69. The monoisotopic (exact) mass is 287 g/mol. The molecule has 0 aliphatic carbocycles. The molecule has 1 rings (SSSR count). The van der Waals surface area contributed by atoms with E-state index in [9.17, 15) is 4.79 Å². The summed E-state index contributed by atoms with van der Waals surface area (Å²) >= 11 is 3.36. The summed E-state index contributed by atoms with van der Waals surface area (Å²) in [6.07, 6.45) is -0.460. The number of carbonyl (C=O) groups excluding carboxylic acids is 1. The van der Waals surface area contributed by atoms with Crippen LogP contribution in [0.2, 0.25) is 0 Å². The number of halogens is 1. The Bertz CT molecular complexity index is 368. The molecule has 0 unspecified atom stereocenters. The fraction of sp³-hybridized carbons (Fsp3) is 0.364. The lowest BCUT2D eigenvalue weighted by Gasteiger charge is -2.09. The van der Waals surface area contributed by atoms with E-state index in [1.807, 2.05) is 6.92 Å². The van der Waals surface area contributed by atoms with Gasteiger partial charge in [0.15, 0.2) is 0 Å². The van der Waals surface area contributed by atoms with E-state index in [-0.39, 0.29) is 0 Å². The van der Waals surface area contributed by atoms with Crippen molar-refractivity contribution in [3.63, 3.8) is 0 Å². The average Bonchev–Trinajstić information content (AvgIpc) is 2.22. The van der Waals surface area contributed by atoms with Gasteiger partial charge in [0.1, 0.15) is 5.75 Å². The molecule has 5 heteroatoms. The second-order valence-electron chi connectivity index (χ2n) is 2.92. The molecule has 0 spiro atoms.